The van der Waals surface area contributed by atoms with E-state index in [2.05, 4.69) is 37.1 Å². The van der Waals surface area contributed by atoms with Crippen molar-refractivity contribution in [3.63, 3.8) is 0 Å². The fourth-order valence-corrected chi connectivity index (χ4v) is 4.36. The molecule has 0 saturated carbocycles. The van der Waals surface area contributed by atoms with Crippen LogP contribution in [0.4, 0.5) is 10.5 Å². The predicted octanol–water partition coefficient (Wildman–Crippen LogP) is 5.56. The maximum atomic E-state index is 14.1. The number of hydrogen-bond acceptors (Lipinski definition) is 7. The third-order valence-electron chi connectivity index (χ3n) is 6.16. The van der Waals surface area contributed by atoms with Gasteiger partial charge >= 0.3 is 6.09 Å². The minimum Gasteiger partial charge on any atom is -0.508 e. The molecule has 3 unspecified atom stereocenters. The molecular weight excluding hydrogens is 530 g/mol. The van der Waals surface area contributed by atoms with Gasteiger partial charge in [0.1, 0.15) is 29.2 Å². The molecule has 2 aromatic carbocycles. The summed E-state index contributed by atoms with van der Waals surface area (Å²) < 4.78 is 10.6. The number of nitrogens with zero attached hydrogens (tertiary/aromatic N) is 1. The lowest BCUT2D eigenvalue weighted by Crippen LogP contribution is -2.55. The van der Waals surface area contributed by atoms with Gasteiger partial charge in [-0.2, -0.15) is 12.6 Å². The van der Waals surface area contributed by atoms with Crippen molar-refractivity contribution in [3.8, 4) is 11.5 Å². The average Bonchev–Trinajstić information content (AvgIpc) is 2.88. The second kappa shape index (κ2) is 14.8. The van der Waals surface area contributed by atoms with E-state index < -0.39 is 35.6 Å². The molecule has 0 saturated heterocycles. The van der Waals surface area contributed by atoms with Gasteiger partial charge in [0.25, 0.3) is 5.91 Å². The van der Waals surface area contributed by atoms with Crippen molar-refractivity contribution in [2.24, 2.45) is 5.92 Å². The van der Waals surface area contributed by atoms with Crippen LogP contribution in [0, 0.1) is 5.92 Å². The van der Waals surface area contributed by atoms with Crippen molar-refractivity contribution in [2.45, 2.75) is 78.1 Å². The number of rotatable bonds is 12. The second-order valence-corrected chi connectivity index (χ2v) is 11.5. The van der Waals surface area contributed by atoms with Gasteiger partial charge in [0.2, 0.25) is 5.91 Å². The summed E-state index contributed by atoms with van der Waals surface area (Å²) in [6.45, 7) is 11.3. The predicted molar refractivity (Wildman–Crippen MR) is 160 cm³/mol. The number of nitrogens with one attached hydrogen (secondary N) is 2. The quantitative estimate of drug-likeness (QED) is 0.247. The first-order chi connectivity index (χ1) is 18.7. The molecule has 40 heavy (non-hydrogen) atoms. The number of phenols is 1. The summed E-state index contributed by atoms with van der Waals surface area (Å²) in [6.07, 6.45) is 0.691. The van der Waals surface area contributed by atoms with E-state index in [4.69, 9.17) is 9.47 Å². The van der Waals surface area contributed by atoms with Crippen molar-refractivity contribution < 1.29 is 29.0 Å². The molecular formula is C30H43N3O6S. The molecule has 3 atom stereocenters. The first-order valence-electron chi connectivity index (χ1n) is 13.4. The van der Waals surface area contributed by atoms with Gasteiger partial charge in [-0.15, -0.1) is 0 Å². The maximum Gasteiger partial charge on any atom is 0.408 e. The molecule has 9 nitrogen and oxygen atoms in total. The van der Waals surface area contributed by atoms with Crippen LogP contribution in [-0.2, 0) is 14.3 Å². The normalized spacial score (nSPS) is 13.6. The summed E-state index contributed by atoms with van der Waals surface area (Å²) in [4.78, 5) is 42.2. The summed E-state index contributed by atoms with van der Waals surface area (Å²) in [5.41, 5.74) is 0.268. The minimum absolute atomic E-state index is 0.00608. The summed E-state index contributed by atoms with van der Waals surface area (Å²) in [7, 11) is 1.56. The Kier molecular flexibility index (Phi) is 12.2. The standard InChI is InChI=1S/C30H43N3O6S/c1-19(2)8-9-20(3)33(28(36)25(18-40)32-29(37)39-30(4,5)6)26(21-10-14-23(34)15-11-21)27(35)31-22-12-16-24(38-7)17-13-22/h10-17,19-20,25-26,34,40H,8-9,18H2,1-7H3,(H,31,35)(H,32,37). The Morgan fingerprint density at radius 2 is 1.57 bits per heavy atom. The highest BCUT2D eigenvalue weighted by Gasteiger charge is 2.38. The monoisotopic (exact) mass is 573 g/mol. The zero-order chi connectivity index (χ0) is 30.0. The fourth-order valence-electron chi connectivity index (χ4n) is 4.11. The van der Waals surface area contributed by atoms with Crippen LogP contribution in [0.25, 0.3) is 0 Å². The van der Waals surface area contributed by atoms with E-state index in [9.17, 15) is 19.5 Å². The molecule has 2 rings (SSSR count). The molecule has 0 aliphatic carbocycles. The maximum absolute atomic E-state index is 14.1. The molecule has 0 aliphatic heterocycles. The number of benzene rings is 2. The lowest BCUT2D eigenvalue weighted by Gasteiger charge is -2.38. The number of aromatic hydroxyl groups is 1. The van der Waals surface area contributed by atoms with Crippen LogP contribution in [0.15, 0.2) is 48.5 Å². The lowest BCUT2D eigenvalue weighted by atomic mass is 9.97. The summed E-state index contributed by atoms with van der Waals surface area (Å²) in [5.74, 6) is 0.116. The van der Waals surface area contributed by atoms with Crippen molar-refractivity contribution in [2.75, 3.05) is 18.2 Å². The fraction of sp³-hybridized carbons (Fsp3) is 0.500. The van der Waals surface area contributed by atoms with Crippen molar-refractivity contribution in [3.05, 3.63) is 54.1 Å². The molecule has 3 N–H and O–H groups in total. The van der Waals surface area contributed by atoms with Gasteiger partial charge in [-0.1, -0.05) is 26.0 Å². The number of anilines is 1. The van der Waals surface area contributed by atoms with Crippen LogP contribution in [0.3, 0.4) is 0 Å². The number of amides is 3. The van der Waals surface area contributed by atoms with Crippen molar-refractivity contribution >= 4 is 36.2 Å². The van der Waals surface area contributed by atoms with Gasteiger partial charge in [0.05, 0.1) is 7.11 Å². The van der Waals surface area contributed by atoms with E-state index in [1.807, 2.05) is 6.92 Å². The van der Waals surface area contributed by atoms with E-state index in [0.717, 1.165) is 6.42 Å². The molecule has 2 aromatic rings. The third kappa shape index (κ3) is 9.97. The Balaban J connectivity index is 2.54. The van der Waals surface area contributed by atoms with Gasteiger partial charge in [0.15, 0.2) is 0 Å². The molecule has 220 valence electrons. The van der Waals surface area contributed by atoms with Gasteiger partial charge in [0, 0.05) is 17.5 Å². The van der Waals surface area contributed by atoms with Crippen LogP contribution in [0.2, 0.25) is 0 Å². The smallest absolute Gasteiger partial charge is 0.408 e. The molecule has 3 amide bonds. The third-order valence-corrected chi connectivity index (χ3v) is 6.52. The van der Waals surface area contributed by atoms with Crippen LogP contribution < -0.4 is 15.4 Å². The molecule has 0 spiro atoms. The molecule has 0 heterocycles. The number of ether oxygens (including phenoxy) is 2. The van der Waals surface area contributed by atoms with E-state index in [1.165, 1.54) is 17.0 Å². The number of hydrogen-bond donors (Lipinski definition) is 4. The molecule has 10 heteroatoms. The topological polar surface area (TPSA) is 117 Å². The largest absolute Gasteiger partial charge is 0.508 e. The highest BCUT2D eigenvalue weighted by atomic mass is 32.1. The Hall–Kier alpha value is -3.40. The number of phenolic OH excluding ortho intramolecular Hbond substituents is 1. The van der Waals surface area contributed by atoms with E-state index in [-0.39, 0.29) is 17.5 Å². The van der Waals surface area contributed by atoms with Crippen LogP contribution in [-0.4, -0.2) is 58.5 Å². The molecule has 0 bridgehead atoms. The Morgan fingerprint density at radius 1 is 0.975 bits per heavy atom. The zero-order valence-corrected chi connectivity index (χ0v) is 25.3. The Labute approximate surface area is 243 Å². The molecule has 0 aliphatic rings. The van der Waals surface area contributed by atoms with E-state index in [0.29, 0.717) is 29.3 Å². The zero-order valence-electron chi connectivity index (χ0n) is 24.4. The number of carbonyl (C=O) groups excluding carboxylic acids is 3. The summed E-state index contributed by atoms with van der Waals surface area (Å²) >= 11 is 4.35. The van der Waals surface area contributed by atoms with E-state index >= 15 is 0 Å². The van der Waals surface area contributed by atoms with Gasteiger partial charge in [-0.3, -0.25) is 9.59 Å². The highest BCUT2D eigenvalue weighted by molar-refractivity contribution is 7.80. The lowest BCUT2D eigenvalue weighted by molar-refractivity contribution is -0.143. The minimum atomic E-state index is -1.07. The molecule has 0 fully saturated rings. The summed E-state index contributed by atoms with van der Waals surface area (Å²) in [6, 6.07) is 10.5. The first kappa shape index (κ1) is 32.8. The summed E-state index contributed by atoms with van der Waals surface area (Å²) in [5, 5.41) is 15.5. The van der Waals surface area contributed by atoms with E-state index in [1.54, 1.807) is 64.3 Å². The first-order valence-corrected chi connectivity index (χ1v) is 14.0. The Bertz CT molecular complexity index is 1120. The van der Waals surface area contributed by atoms with Crippen LogP contribution in [0.5, 0.6) is 11.5 Å². The number of carbonyl (C=O) groups is 3. The van der Waals surface area contributed by atoms with Crippen molar-refractivity contribution in [1.82, 2.24) is 10.2 Å². The average molecular weight is 574 g/mol. The van der Waals surface area contributed by atoms with Gasteiger partial charge in [-0.05, 0) is 88.4 Å². The number of thiol groups is 1. The number of methoxy groups -OCH3 is 1. The van der Waals surface area contributed by atoms with Crippen LogP contribution >= 0.6 is 12.6 Å². The van der Waals surface area contributed by atoms with Crippen molar-refractivity contribution in [1.29, 1.82) is 0 Å². The SMILES string of the molecule is COc1ccc(NC(=O)C(c2ccc(O)cc2)N(C(=O)C(CS)NC(=O)OC(C)(C)C)C(C)CCC(C)C)cc1. The highest BCUT2D eigenvalue weighted by Crippen LogP contribution is 2.30. The second-order valence-electron chi connectivity index (χ2n) is 11.2. The van der Waals surface area contributed by atoms with Gasteiger partial charge in [-0.25, -0.2) is 4.79 Å². The molecule has 0 radical (unpaired) electrons. The molecule has 0 aromatic heterocycles. The van der Waals surface area contributed by atoms with Gasteiger partial charge < -0.3 is 30.1 Å². The van der Waals surface area contributed by atoms with Crippen LogP contribution in [0.1, 0.15) is 66.0 Å². The number of alkyl carbamates (subject to hydrolysis) is 1. The Morgan fingerprint density at radius 3 is 2.08 bits per heavy atom.